The molecule has 5 aromatic rings. The molecule has 4 nitrogen and oxygen atoms in total. The van der Waals surface area contributed by atoms with E-state index in [2.05, 4.69) is 0 Å². The molecular formula is C28H2F10N4S2. The number of fused-ring (bicyclic) bond motifs is 2. The molecule has 0 aliphatic heterocycles. The number of hydrogen-bond acceptors (Lipinski definition) is 6. The second kappa shape index (κ2) is 10.7. The summed E-state index contributed by atoms with van der Waals surface area (Å²) in [5, 5.41) is 36.2. The molecule has 3 aromatic carbocycles. The van der Waals surface area contributed by atoms with Crippen molar-refractivity contribution in [3.63, 3.8) is 0 Å². The summed E-state index contributed by atoms with van der Waals surface area (Å²) >= 11 is 0.585. The summed E-state index contributed by atoms with van der Waals surface area (Å²) in [5.74, 6) is -24.2. The van der Waals surface area contributed by atoms with E-state index in [4.69, 9.17) is 0 Å². The zero-order chi connectivity index (χ0) is 32.4. The van der Waals surface area contributed by atoms with E-state index in [1.165, 1.54) is 24.3 Å². The van der Waals surface area contributed by atoms with Gasteiger partial charge in [-0.25, -0.2) is 43.9 Å². The van der Waals surface area contributed by atoms with Crippen LogP contribution >= 0.6 is 22.7 Å². The Hall–Kier alpha value is -5.42. The molecule has 0 aliphatic rings. The first-order chi connectivity index (χ1) is 20.8. The maximum Gasteiger partial charge on any atom is 0.200 e. The van der Waals surface area contributed by atoms with Crippen LogP contribution in [0.4, 0.5) is 43.9 Å². The van der Waals surface area contributed by atoms with Crippen LogP contribution < -0.4 is 9.06 Å². The van der Waals surface area contributed by atoms with Gasteiger partial charge >= 0.3 is 0 Å². The quantitative estimate of drug-likeness (QED) is 0.115. The van der Waals surface area contributed by atoms with E-state index in [0.717, 1.165) is 12.1 Å². The average Bonchev–Trinajstić information content (AvgIpc) is 3.64. The minimum Gasteiger partial charge on any atom is -0.203 e. The molecule has 0 aliphatic carbocycles. The Morgan fingerprint density at radius 3 is 0.909 bits per heavy atom. The normalized spacial score (nSPS) is 10.9. The number of nitriles is 4. The Kier molecular flexibility index (Phi) is 7.30. The van der Waals surface area contributed by atoms with Crippen LogP contribution in [0.1, 0.15) is 0 Å². The highest BCUT2D eigenvalue weighted by Gasteiger charge is 2.34. The van der Waals surface area contributed by atoms with Crippen molar-refractivity contribution in [2.45, 2.75) is 0 Å². The summed E-state index contributed by atoms with van der Waals surface area (Å²) in [4.78, 5) is 0. The Morgan fingerprint density at radius 2 is 0.659 bits per heavy atom. The number of nitrogens with zero attached hydrogens (tertiary/aromatic N) is 4. The topological polar surface area (TPSA) is 95.2 Å². The molecule has 0 saturated heterocycles. The molecule has 0 fully saturated rings. The van der Waals surface area contributed by atoms with E-state index in [1.54, 1.807) is 0 Å². The highest BCUT2D eigenvalue weighted by atomic mass is 32.1. The zero-order valence-corrected chi connectivity index (χ0v) is 22.2. The lowest BCUT2D eigenvalue weighted by molar-refractivity contribution is 0.381. The largest absolute Gasteiger partial charge is 0.203 e. The number of thiophene rings is 2. The molecule has 5 rings (SSSR count). The van der Waals surface area contributed by atoms with Crippen molar-refractivity contribution in [2.24, 2.45) is 0 Å². The van der Waals surface area contributed by atoms with Crippen molar-refractivity contribution in [3.05, 3.63) is 79.4 Å². The monoisotopic (exact) mass is 648 g/mol. The van der Waals surface area contributed by atoms with Gasteiger partial charge in [-0.2, -0.15) is 21.0 Å². The molecule has 0 atom stereocenters. The van der Waals surface area contributed by atoms with Crippen LogP contribution in [0.3, 0.4) is 0 Å². The molecule has 0 saturated carbocycles. The lowest BCUT2D eigenvalue weighted by Gasteiger charge is -2.15. The highest BCUT2D eigenvalue weighted by Crippen LogP contribution is 2.49. The Labute approximate surface area is 244 Å². The predicted octanol–water partition coefficient (Wildman–Crippen LogP) is 7.24. The molecule has 0 unspecified atom stereocenters. The summed E-state index contributed by atoms with van der Waals surface area (Å²) in [7, 11) is 0. The molecule has 0 amide bonds. The van der Waals surface area contributed by atoms with E-state index in [0.29, 0.717) is 22.7 Å². The van der Waals surface area contributed by atoms with Crippen LogP contribution in [0.5, 0.6) is 0 Å². The second-order valence-corrected chi connectivity index (χ2v) is 10.6. The summed E-state index contributed by atoms with van der Waals surface area (Å²) in [6.07, 6.45) is 0. The van der Waals surface area contributed by atoms with Gasteiger partial charge in [-0.1, -0.05) is 0 Å². The lowest BCUT2D eigenvalue weighted by atomic mass is 9.92. The van der Waals surface area contributed by atoms with Gasteiger partial charge in [0.15, 0.2) is 46.5 Å². The zero-order valence-electron chi connectivity index (χ0n) is 20.5. The Bertz CT molecular complexity index is 2130. The first-order valence-corrected chi connectivity index (χ1v) is 12.9. The maximum atomic E-state index is 15.2. The fourth-order valence-electron chi connectivity index (χ4n) is 4.43. The molecule has 2 aromatic heterocycles. The van der Waals surface area contributed by atoms with Crippen molar-refractivity contribution in [3.8, 4) is 46.5 Å². The van der Waals surface area contributed by atoms with Gasteiger partial charge in [0.2, 0.25) is 11.6 Å². The molecule has 16 heteroatoms. The lowest BCUT2D eigenvalue weighted by Crippen LogP contribution is -2.06. The molecule has 0 spiro atoms. The van der Waals surface area contributed by atoms with Crippen LogP contribution in [0, 0.1) is 103 Å². The van der Waals surface area contributed by atoms with Crippen LogP contribution in [0.2, 0.25) is 0 Å². The third-order valence-corrected chi connectivity index (χ3v) is 8.66. The summed E-state index contributed by atoms with van der Waals surface area (Å²) in [6.45, 7) is 0. The molecular weight excluding hydrogens is 646 g/mol. The van der Waals surface area contributed by atoms with Gasteiger partial charge in [0.25, 0.3) is 0 Å². The SMILES string of the molecule is N#CC(C#N)=c1cc2c(-c3c(F)c(F)c(F)c(F)c3F)c3sc(=C(C#N)C#N)cc3c(-c3c(F)c(F)c(F)c(F)c3F)c2s1. The number of halogens is 10. The van der Waals surface area contributed by atoms with Crippen molar-refractivity contribution in [2.75, 3.05) is 0 Å². The van der Waals surface area contributed by atoms with Gasteiger partial charge in [-0.15, -0.1) is 22.7 Å². The first kappa shape index (κ1) is 30.1. The number of benzene rings is 3. The predicted molar refractivity (Wildman–Crippen MR) is 136 cm³/mol. The van der Waals surface area contributed by atoms with Crippen LogP contribution in [-0.2, 0) is 0 Å². The average molecular weight is 648 g/mol. The van der Waals surface area contributed by atoms with E-state index >= 15 is 17.6 Å². The van der Waals surface area contributed by atoms with Gasteiger partial charge in [0, 0.05) is 31.3 Å². The molecule has 0 bridgehead atoms. The molecule has 216 valence electrons. The standard InChI is InChI=1S/C28H2F10N4S2/c29-17-15(18(30)22(34)25(37)21(17)33)13-9-1-11(7(3-39)4-40)43-27(9)14(10-2-12(44-28(10)13)8(5-41)6-42)16-19(31)23(35)26(38)24(36)20(16)32/h1-2H. The molecule has 0 radical (unpaired) electrons. The molecule has 0 N–H and O–H groups in total. The minimum absolute atomic E-state index is 0.293. The van der Waals surface area contributed by atoms with Gasteiger partial charge in [-0.05, 0) is 12.1 Å². The van der Waals surface area contributed by atoms with E-state index in [-0.39, 0.29) is 9.06 Å². The summed E-state index contributed by atoms with van der Waals surface area (Å²) < 4.78 is 145. The van der Waals surface area contributed by atoms with Gasteiger partial charge in [0.05, 0.1) is 20.2 Å². The van der Waals surface area contributed by atoms with E-state index in [1.807, 2.05) is 0 Å². The fourth-order valence-corrected chi connectivity index (χ4v) is 6.78. The van der Waals surface area contributed by atoms with Gasteiger partial charge in [-0.3, -0.25) is 0 Å². The summed E-state index contributed by atoms with van der Waals surface area (Å²) in [5.41, 5.74) is -6.34. The maximum absolute atomic E-state index is 15.2. The Morgan fingerprint density at radius 1 is 0.409 bits per heavy atom. The smallest absolute Gasteiger partial charge is 0.200 e. The second-order valence-electron chi connectivity index (χ2n) is 8.54. The van der Waals surface area contributed by atoms with Crippen LogP contribution in [-0.4, -0.2) is 0 Å². The van der Waals surface area contributed by atoms with E-state index in [9.17, 15) is 47.4 Å². The Balaban J connectivity index is 2.25. The van der Waals surface area contributed by atoms with E-state index < -0.39 is 112 Å². The minimum atomic E-state index is -2.54. The van der Waals surface area contributed by atoms with Crippen molar-refractivity contribution in [1.29, 1.82) is 21.0 Å². The third kappa shape index (κ3) is 4.08. The van der Waals surface area contributed by atoms with Crippen LogP contribution in [0.15, 0.2) is 12.1 Å². The first-order valence-electron chi connectivity index (χ1n) is 11.3. The molecule has 2 heterocycles. The van der Waals surface area contributed by atoms with Crippen LogP contribution in [0.25, 0.3) is 53.6 Å². The third-order valence-electron chi connectivity index (χ3n) is 6.32. The van der Waals surface area contributed by atoms with Crippen molar-refractivity contribution < 1.29 is 43.9 Å². The summed E-state index contributed by atoms with van der Waals surface area (Å²) in [6, 6.07) is 7.55. The highest BCUT2D eigenvalue weighted by molar-refractivity contribution is 7.20. The van der Waals surface area contributed by atoms with Gasteiger partial charge in [0.1, 0.15) is 35.4 Å². The van der Waals surface area contributed by atoms with Crippen molar-refractivity contribution >= 4 is 54.0 Å². The number of rotatable bonds is 2. The van der Waals surface area contributed by atoms with Crippen molar-refractivity contribution in [1.82, 2.24) is 0 Å². The fraction of sp³-hybridized carbons (Fsp3) is 0. The molecule has 44 heavy (non-hydrogen) atoms. The number of hydrogen-bond donors (Lipinski definition) is 0. The van der Waals surface area contributed by atoms with Gasteiger partial charge < -0.3 is 0 Å².